The van der Waals surface area contributed by atoms with Gasteiger partial charge in [0.05, 0.1) is 24.5 Å². The standard InChI is InChI=1S/C28H42O6/c1-15(29)22-17(31)12-19-26(5)11-8-18-25(3,4)9-7-10-28(18,14-33-16(2)30)20(26)13-21-27(19,6)23(22)24(32)34-21/h17-23,31H,7-14H2,1-6H3/t17-,18-,19-,20-,21+,22?,23+,26-,27+,28+/m0/s1. The molecule has 190 valence electrons. The van der Waals surface area contributed by atoms with Crippen molar-refractivity contribution in [3.8, 4) is 0 Å². The summed E-state index contributed by atoms with van der Waals surface area (Å²) < 4.78 is 11.9. The molecule has 0 aromatic heterocycles. The topological polar surface area (TPSA) is 89.9 Å². The molecule has 6 nitrogen and oxygen atoms in total. The van der Waals surface area contributed by atoms with E-state index >= 15 is 0 Å². The summed E-state index contributed by atoms with van der Waals surface area (Å²) in [5.74, 6) is -1.19. The number of aliphatic hydroxyl groups excluding tert-OH is 1. The van der Waals surface area contributed by atoms with E-state index in [2.05, 4.69) is 27.7 Å². The monoisotopic (exact) mass is 474 g/mol. The second-order valence-corrected chi connectivity index (χ2v) is 13.5. The molecular formula is C28H42O6. The molecule has 1 aliphatic heterocycles. The zero-order chi connectivity index (χ0) is 24.8. The molecule has 1 N–H and O–H groups in total. The number of carbonyl (C=O) groups is 3. The minimum absolute atomic E-state index is 0.0750. The first kappa shape index (κ1) is 24.3. The van der Waals surface area contributed by atoms with Crippen molar-refractivity contribution >= 4 is 17.7 Å². The molecule has 5 rings (SSSR count). The van der Waals surface area contributed by atoms with Crippen LogP contribution in [0.5, 0.6) is 0 Å². The van der Waals surface area contributed by atoms with Gasteiger partial charge in [-0.15, -0.1) is 0 Å². The van der Waals surface area contributed by atoms with E-state index in [0.29, 0.717) is 18.9 Å². The van der Waals surface area contributed by atoms with Crippen LogP contribution in [0.2, 0.25) is 0 Å². The molecule has 4 saturated carbocycles. The van der Waals surface area contributed by atoms with Gasteiger partial charge in [0, 0.05) is 17.8 Å². The molecule has 1 unspecified atom stereocenters. The Morgan fingerprint density at radius 2 is 1.74 bits per heavy atom. The third kappa shape index (κ3) is 2.99. The van der Waals surface area contributed by atoms with Crippen molar-refractivity contribution in [2.75, 3.05) is 6.61 Å². The molecule has 5 aliphatic rings. The molecule has 0 bridgehead atoms. The third-order valence-corrected chi connectivity index (χ3v) is 11.7. The lowest BCUT2D eigenvalue weighted by Crippen LogP contribution is -2.68. The summed E-state index contributed by atoms with van der Waals surface area (Å²) in [6.07, 6.45) is 5.55. The largest absolute Gasteiger partial charge is 0.465 e. The van der Waals surface area contributed by atoms with Gasteiger partial charge in [0.2, 0.25) is 0 Å². The molecule has 0 amide bonds. The van der Waals surface area contributed by atoms with Crippen LogP contribution >= 0.6 is 0 Å². The van der Waals surface area contributed by atoms with Crippen molar-refractivity contribution in [3.05, 3.63) is 0 Å². The van der Waals surface area contributed by atoms with Crippen molar-refractivity contribution in [1.29, 1.82) is 0 Å². The van der Waals surface area contributed by atoms with Gasteiger partial charge in [0.1, 0.15) is 11.9 Å². The summed E-state index contributed by atoms with van der Waals surface area (Å²) in [5.41, 5.74) is -0.586. The van der Waals surface area contributed by atoms with Crippen LogP contribution in [-0.4, -0.2) is 41.6 Å². The Kier molecular flexibility index (Phi) is 5.38. The van der Waals surface area contributed by atoms with Crippen LogP contribution in [0.4, 0.5) is 0 Å². The molecule has 6 heteroatoms. The maximum Gasteiger partial charge on any atom is 0.310 e. The first-order valence-electron chi connectivity index (χ1n) is 13.3. The average Bonchev–Trinajstić information content (AvgIpc) is 2.98. The minimum Gasteiger partial charge on any atom is -0.465 e. The number of aliphatic hydroxyl groups is 1. The summed E-state index contributed by atoms with van der Waals surface area (Å²) in [6.45, 7) is 12.6. The SMILES string of the molecule is CC(=O)OC[C@]12CCCC(C)(C)[C@@H]1CC[C@]1(C)[C@@H]2C[C@H]2OC(=O)[C@H]3C(C(C)=O)[C@@H](O)C[C@@H]1[C@]23C. The van der Waals surface area contributed by atoms with Crippen LogP contribution in [0.3, 0.4) is 0 Å². The highest BCUT2D eigenvalue weighted by Gasteiger charge is 2.75. The molecule has 34 heavy (non-hydrogen) atoms. The molecule has 10 atom stereocenters. The van der Waals surface area contributed by atoms with Gasteiger partial charge < -0.3 is 14.6 Å². The van der Waals surface area contributed by atoms with E-state index in [-0.39, 0.29) is 51.9 Å². The van der Waals surface area contributed by atoms with Crippen LogP contribution in [0.1, 0.15) is 86.5 Å². The van der Waals surface area contributed by atoms with E-state index in [1.165, 1.54) is 20.3 Å². The zero-order valence-corrected chi connectivity index (χ0v) is 21.7. The predicted molar refractivity (Wildman–Crippen MR) is 125 cm³/mol. The Morgan fingerprint density at radius 1 is 1.03 bits per heavy atom. The summed E-state index contributed by atoms with van der Waals surface area (Å²) in [6, 6.07) is 0. The highest BCUT2D eigenvalue weighted by molar-refractivity contribution is 5.88. The number of ether oxygens (including phenoxy) is 2. The van der Waals surface area contributed by atoms with Crippen molar-refractivity contribution in [3.63, 3.8) is 0 Å². The summed E-state index contributed by atoms with van der Waals surface area (Å²) in [4.78, 5) is 37.8. The van der Waals surface area contributed by atoms with Gasteiger partial charge >= 0.3 is 11.9 Å². The Bertz CT molecular complexity index is 911. The molecule has 4 aliphatic carbocycles. The molecule has 5 fully saturated rings. The number of hydrogen-bond acceptors (Lipinski definition) is 6. The number of fused-ring (bicyclic) bond motifs is 4. The van der Waals surface area contributed by atoms with Gasteiger partial charge in [-0.25, -0.2) is 0 Å². The van der Waals surface area contributed by atoms with E-state index in [4.69, 9.17) is 9.47 Å². The lowest BCUT2D eigenvalue weighted by atomic mass is 9.34. The number of carbonyl (C=O) groups excluding carboxylic acids is 3. The third-order valence-electron chi connectivity index (χ3n) is 11.7. The molecule has 0 radical (unpaired) electrons. The second kappa shape index (κ2) is 7.54. The summed E-state index contributed by atoms with van der Waals surface area (Å²) in [7, 11) is 0. The summed E-state index contributed by atoms with van der Waals surface area (Å²) >= 11 is 0. The molecule has 0 spiro atoms. The molecule has 0 aromatic rings. The first-order valence-corrected chi connectivity index (χ1v) is 13.3. The fourth-order valence-electron chi connectivity index (χ4n) is 10.4. The lowest BCUT2D eigenvalue weighted by Gasteiger charge is -2.70. The van der Waals surface area contributed by atoms with E-state index < -0.39 is 23.4 Å². The number of Topliss-reactive ketones (excluding diaryl/α,β-unsaturated/α-hetero) is 1. The Labute approximate surface area is 203 Å². The van der Waals surface area contributed by atoms with Crippen LogP contribution in [0.25, 0.3) is 0 Å². The maximum atomic E-state index is 13.3. The fourth-order valence-corrected chi connectivity index (χ4v) is 10.4. The highest BCUT2D eigenvalue weighted by atomic mass is 16.6. The Balaban J connectivity index is 1.63. The first-order chi connectivity index (χ1) is 15.8. The second-order valence-electron chi connectivity index (χ2n) is 13.5. The van der Waals surface area contributed by atoms with Crippen molar-refractivity contribution in [1.82, 2.24) is 0 Å². The quantitative estimate of drug-likeness (QED) is 0.613. The number of rotatable bonds is 3. The number of esters is 2. The van der Waals surface area contributed by atoms with E-state index in [1.54, 1.807) is 0 Å². The highest BCUT2D eigenvalue weighted by Crippen LogP contribution is 2.75. The van der Waals surface area contributed by atoms with Crippen LogP contribution in [0, 0.1) is 51.2 Å². The number of ketones is 1. The van der Waals surface area contributed by atoms with Gasteiger partial charge in [0.15, 0.2) is 0 Å². The minimum atomic E-state index is -0.826. The van der Waals surface area contributed by atoms with E-state index in [0.717, 1.165) is 32.1 Å². The number of hydrogen-bond donors (Lipinski definition) is 1. The Morgan fingerprint density at radius 3 is 2.38 bits per heavy atom. The van der Waals surface area contributed by atoms with Gasteiger partial charge in [-0.2, -0.15) is 0 Å². The van der Waals surface area contributed by atoms with E-state index in [1.807, 2.05) is 0 Å². The molecule has 0 aromatic carbocycles. The van der Waals surface area contributed by atoms with Gasteiger partial charge in [-0.1, -0.05) is 34.1 Å². The van der Waals surface area contributed by atoms with Crippen molar-refractivity contribution in [2.24, 2.45) is 51.2 Å². The summed E-state index contributed by atoms with van der Waals surface area (Å²) in [5, 5.41) is 11.2. The average molecular weight is 475 g/mol. The van der Waals surface area contributed by atoms with Crippen LogP contribution < -0.4 is 0 Å². The van der Waals surface area contributed by atoms with Crippen molar-refractivity contribution in [2.45, 2.75) is 98.7 Å². The smallest absolute Gasteiger partial charge is 0.310 e. The normalized spacial score (nSPS) is 50.9. The van der Waals surface area contributed by atoms with Gasteiger partial charge in [-0.05, 0) is 74.0 Å². The predicted octanol–water partition coefficient (Wildman–Crippen LogP) is 4.32. The van der Waals surface area contributed by atoms with E-state index in [9.17, 15) is 19.5 Å². The van der Waals surface area contributed by atoms with Gasteiger partial charge in [0.25, 0.3) is 0 Å². The maximum absolute atomic E-state index is 13.3. The fraction of sp³-hybridized carbons (Fsp3) is 0.893. The molecular weight excluding hydrogens is 432 g/mol. The Hall–Kier alpha value is -1.43. The zero-order valence-electron chi connectivity index (χ0n) is 21.7. The lowest BCUT2D eigenvalue weighted by molar-refractivity contribution is -0.249. The van der Waals surface area contributed by atoms with Crippen LogP contribution in [0.15, 0.2) is 0 Å². The molecule has 1 saturated heterocycles. The van der Waals surface area contributed by atoms with Crippen LogP contribution in [-0.2, 0) is 23.9 Å². The van der Waals surface area contributed by atoms with Crippen molar-refractivity contribution < 1.29 is 29.0 Å². The van der Waals surface area contributed by atoms with Gasteiger partial charge in [-0.3, -0.25) is 14.4 Å². The molecule has 1 heterocycles.